The van der Waals surface area contributed by atoms with Gasteiger partial charge in [-0.1, -0.05) is 42.5 Å². The van der Waals surface area contributed by atoms with E-state index in [1.807, 2.05) is 54.6 Å². The third-order valence-electron chi connectivity index (χ3n) is 4.89. The van der Waals surface area contributed by atoms with E-state index in [4.69, 9.17) is 4.74 Å². The highest BCUT2D eigenvalue weighted by Gasteiger charge is 2.21. The number of nitrogens with zero attached hydrogens (tertiary/aromatic N) is 1. The highest BCUT2D eigenvalue weighted by atomic mass is 35.5. The van der Waals surface area contributed by atoms with Crippen LogP contribution in [0.5, 0.6) is 5.75 Å². The molecule has 0 radical (unpaired) electrons. The largest absolute Gasteiger partial charge is 0.489 e. The van der Waals surface area contributed by atoms with Crippen LogP contribution in [0.1, 0.15) is 32.9 Å². The maximum atomic E-state index is 12.4. The van der Waals surface area contributed by atoms with Crippen molar-refractivity contribution in [3.05, 3.63) is 82.7 Å². The number of nitrogens with one attached hydrogen (secondary N) is 3. The molecule has 2 aromatic carbocycles. The quantitative estimate of drug-likeness (QED) is 0.557. The standard InChI is InChI=1S/C22H24N4O2.ClH/c27-22(21-19-14-23-12-11-20(19)25-26-21)24-13-10-16-6-8-18(9-7-16)28-15-17-4-2-1-3-5-17;/h1-9,23H,10-15H2,(H,24,27)(H,25,26);1H. The highest BCUT2D eigenvalue weighted by Crippen LogP contribution is 2.16. The molecule has 0 saturated heterocycles. The number of fused-ring (bicyclic) bond motifs is 1. The first-order valence-corrected chi connectivity index (χ1v) is 9.60. The van der Waals surface area contributed by atoms with Gasteiger partial charge in [-0.2, -0.15) is 5.10 Å². The fourth-order valence-corrected chi connectivity index (χ4v) is 3.31. The fraction of sp³-hybridized carbons (Fsp3) is 0.273. The number of hydrogen-bond acceptors (Lipinski definition) is 4. The summed E-state index contributed by atoms with van der Waals surface area (Å²) in [6, 6.07) is 18.1. The number of ether oxygens (including phenoxy) is 1. The van der Waals surface area contributed by atoms with Crippen molar-refractivity contribution < 1.29 is 9.53 Å². The number of benzene rings is 2. The van der Waals surface area contributed by atoms with Gasteiger partial charge in [0, 0.05) is 37.3 Å². The second-order valence-electron chi connectivity index (χ2n) is 6.88. The maximum Gasteiger partial charge on any atom is 0.272 e. The average Bonchev–Trinajstić information content (AvgIpc) is 3.18. The lowest BCUT2D eigenvalue weighted by molar-refractivity contribution is 0.0948. The Bertz CT molecular complexity index is 926. The lowest BCUT2D eigenvalue weighted by atomic mass is 10.1. The summed E-state index contributed by atoms with van der Waals surface area (Å²) in [5.74, 6) is 0.719. The van der Waals surface area contributed by atoms with Gasteiger partial charge in [0.05, 0.1) is 0 Å². The molecular formula is C22H25ClN4O2. The van der Waals surface area contributed by atoms with Gasteiger partial charge in [-0.3, -0.25) is 9.89 Å². The predicted molar refractivity (Wildman–Crippen MR) is 114 cm³/mol. The number of carbonyl (C=O) groups excluding carboxylic acids is 1. The van der Waals surface area contributed by atoms with Crippen molar-refractivity contribution in [3.8, 4) is 5.75 Å². The molecule has 1 aromatic heterocycles. The minimum absolute atomic E-state index is 0. The Morgan fingerprint density at radius 1 is 1.07 bits per heavy atom. The molecule has 0 unspecified atom stereocenters. The molecule has 0 aliphatic carbocycles. The van der Waals surface area contributed by atoms with Crippen LogP contribution in [0.15, 0.2) is 54.6 Å². The van der Waals surface area contributed by atoms with Gasteiger partial charge in [0.2, 0.25) is 0 Å². The number of amides is 1. The molecule has 1 aliphatic rings. The minimum Gasteiger partial charge on any atom is -0.489 e. The Labute approximate surface area is 176 Å². The molecule has 0 saturated carbocycles. The Kier molecular flexibility index (Phi) is 7.27. The number of carbonyl (C=O) groups is 1. The first-order chi connectivity index (χ1) is 13.8. The molecule has 1 aliphatic heterocycles. The molecule has 0 bridgehead atoms. The zero-order valence-corrected chi connectivity index (χ0v) is 16.9. The number of H-pyrrole nitrogens is 1. The van der Waals surface area contributed by atoms with Crippen molar-refractivity contribution in [2.75, 3.05) is 13.1 Å². The van der Waals surface area contributed by atoms with Crippen LogP contribution in [0.3, 0.4) is 0 Å². The molecular weight excluding hydrogens is 388 g/mol. The Morgan fingerprint density at radius 3 is 2.66 bits per heavy atom. The fourth-order valence-electron chi connectivity index (χ4n) is 3.31. The molecule has 2 heterocycles. The van der Waals surface area contributed by atoms with Crippen molar-refractivity contribution >= 4 is 18.3 Å². The van der Waals surface area contributed by atoms with E-state index in [-0.39, 0.29) is 18.3 Å². The van der Waals surface area contributed by atoms with Crippen LogP contribution in [0.2, 0.25) is 0 Å². The van der Waals surface area contributed by atoms with Crippen LogP contribution < -0.4 is 15.4 Å². The van der Waals surface area contributed by atoms with Crippen molar-refractivity contribution in [2.24, 2.45) is 0 Å². The van der Waals surface area contributed by atoms with Gasteiger partial charge in [0.15, 0.2) is 5.69 Å². The molecule has 1 amide bonds. The molecule has 0 atom stereocenters. The van der Waals surface area contributed by atoms with Gasteiger partial charge in [-0.25, -0.2) is 0 Å². The van der Waals surface area contributed by atoms with Crippen LogP contribution in [-0.4, -0.2) is 29.2 Å². The van der Waals surface area contributed by atoms with Crippen LogP contribution in [0.25, 0.3) is 0 Å². The molecule has 3 N–H and O–H groups in total. The van der Waals surface area contributed by atoms with Gasteiger partial charge in [0.1, 0.15) is 12.4 Å². The van der Waals surface area contributed by atoms with E-state index in [1.165, 1.54) is 0 Å². The topological polar surface area (TPSA) is 79.0 Å². The van der Waals surface area contributed by atoms with Gasteiger partial charge >= 0.3 is 0 Å². The Hall–Kier alpha value is -2.83. The Morgan fingerprint density at radius 2 is 1.86 bits per heavy atom. The second kappa shape index (κ2) is 10.1. The maximum absolute atomic E-state index is 12.4. The summed E-state index contributed by atoms with van der Waals surface area (Å²) in [7, 11) is 0. The van der Waals surface area contributed by atoms with E-state index >= 15 is 0 Å². The minimum atomic E-state index is -0.121. The summed E-state index contributed by atoms with van der Waals surface area (Å²) < 4.78 is 5.80. The first-order valence-electron chi connectivity index (χ1n) is 9.60. The van der Waals surface area contributed by atoms with Crippen molar-refractivity contribution in [1.29, 1.82) is 0 Å². The van der Waals surface area contributed by atoms with E-state index < -0.39 is 0 Å². The molecule has 152 valence electrons. The first kappa shape index (κ1) is 20.9. The van der Waals surface area contributed by atoms with E-state index in [2.05, 4.69) is 20.8 Å². The number of aromatic nitrogens is 2. The third kappa shape index (κ3) is 5.37. The van der Waals surface area contributed by atoms with E-state index in [9.17, 15) is 4.79 Å². The lowest BCUT2D eigenvalue weighted by Gasteiger charge is -2.13. The molecule has 6 nitrogen and oxygen atoms in total. The molecule has 7 heteroatoms. The molecule has 4 rings (SSSR count). The summed E-state index contributed by atoms with van der Waals surface area (Å²) in [6.07, 6.45) is 1.64. The summed E-state index contributed by atoms with van der Waals surface area (Å²) in [5, 5.41) is 13.4. The van der Waals surface area contributed by atoms with Crippen LogP contribution >= 0.6 is 12.4 Å². The summed E-state index contributed by atoms with van der Waals surface area (Å²) in [5.41, 5.74) is 4.86. The zero-order chi connectivity index (χ0) is 19.2. The summed E-state index contributed by atoms with van der Waals surface area (Å²) in [4.78, 5) is 12.4. The predicted octanol–water partition coefficient (Wildman–Crippen LogP) is 3.03. The zero-order valence-electron chi connectivity index (χ0n) is 16.1. The molecule has 3 aromatic rings. The SMILES string of the molecule is Cl.O=C(NCCc1ccc(OCc2ccccc2)cc1)c1n[nH]c2c1CNCC2. The highest BCUT2D eigenvalue weighted by molar-refractivity contribution is 5.94. The van der Waals surface area contributed by atoms with E-state index in [0.717, 1.165) is 47.5 Å². The van der Waals surface area contributed by atoms with Crippen LogP contribution in [0, 0.1) is 0 Å². The second-order valence-corrected chi connectivity index (χ2v) is 6.88. The van der Waals surface area contributed by atoms with Crippen LogP contribution in [0.4, 0.5) is 0 Å². The average molecular weight is 413 g/mol. The van der Waals surface area contributed by atoms with Crippen molar-refractivity contribution in [2.45, 2.75) is 26.0 Å². The monoisotopic (exact) mass is 412 g/mol. The van der Waals surface area contributed by atoms with Gasteiger partial charge in [0.25, 0.3) is 5.91 Å². The smallest absolute Gasteiger partial charge is 0.272 e. The van der Waals surface area contributed by atoms with Crippen molar-refractivity contribution in [1.82, 2.24) is 20.8 Å². The summed E-state index contributed by atoms with van der Waals surface area (Å²) in [6.45, 7) is 2.73. The molecule has 29 heavy (non-hydrogen) atoms. The van der Waals surface area contributed by atoms with E-state index in [1.54, 1.807) is 0 Å². The summed E-state index contributed by atoms with van der Waals surface area (Å²) >= 11 is 0. The van der Waals surface area contributed by atoms with Gasteiger partial charge in [-0.15, -0.1) is 12.4 Å². The number of rotatable bonds is 7. The lowest BCUT2D eigenvalue weighted by Crippen LogP contribution is -2.29. The van der Waals surface area contributed by atoms with Gasteiger partial charge < -0.3 is 15.4 Å². The van der Waals surface area contributed by atoms with Gasteiger partial charge in [-0.05, 0) is 29.7 Å². The molecule has 0 fully saturated rings. The number of halogens is 1. The van der Waals surface area contributed by atoms with E-state index in [0.29, 0.717) is 25.4 Å². The normalized spacial score (nSPS) is 12.6. The third-order valence-corrected chi connectivity index (χ3v) is 4.89. The van der Waals surface area contributed by atoms with Crippen LogP contribution in [-0.2, 0) is 26.0 Å². The van der Waals surface area contributed by atoms with Crippen molar-refractivity contribution in [3.63, 3.8) is 0 Å². The molecule has 0 spiro atoms. The number of hydrogen-bond donors (Lipinski definition) is 3. The number of aromatic amines is 1. The Balaban J connectivity index is 0.00000240.